The first-order valence-corrected chi connectivity index (χ1v) is 10.1. The highest BCUT2D eigenvalue weighted by Crippen LogP contribution is 2.27. The quantitative estimate of drug-likeness (QED) is 0.476. The Morgan fingerprint density at radius 1 is 0.966 bits per heavy atom. The van der Waals surface area contributed by atoms with Gasteiger partial charge in [-0.25, -0.2) is 0 Å². The smallest absolute Gasteiger partial charge is 0.191 e. The Labute approximate surface area is 173 Å². The molecule has 0 amide bonds. The molecule has 5 nitrogen and oxygen atoms in total. The summed E-state index contributed by atoms with van der Waals surface area (Å²) in [7, 11) is 3.79. The fraction of sp³-hybridized carbons (Fsp3) is 0.333. The van der Waals surface area contributed by atoms with E-state index in [9.17, 15) is 0 Å². The van der Waals surface area contributed by atoms with Crippen LogP contribution in [0.3, 0.4) is 0 Å². The normalized spacial score (nSPS) is 11.7. The Morgan fingerprint density at radius 2 is 1.55 bits per heavy atom. The van der Waals surface area contributed by atoms with Gasteiger partial charge in [0.05, 0.1) is 5.69 Å². The van der Waals surface area contributed by atoms with Gasteiger partial charge in [0, 0.05) is 44.4 Å². The standard InChI is InChI=1S/C24H31N5/c1-18-23(19(2)29(4)28-18)17-27-24(25-3)26-16-15-22(20-11-7-5-8-12-20)21-13-9-6-10-14-21/h5-14,22H,15-17H2,1-4H3,(H2,25,26,27). The third-order valence-corrected chi connectivity index (χ3v) is 5.44. The van der Waals surface area contributed by atoms with Gasteiger partial charge in [0.25, 0.3) is 0 Å². The molecule has 152 valence electrons. The van der Waals surface area contributed by atoms with E-state index < -0.39 is 0 Å². The number of hydrogen-bond acceptors (Lipinski definition) is 2. The highest BCUT2D eigenvalue weighted by Gasteiger charge is 2.14. The van der Waals surface area contributed by atoms with Gasteiger partial charge < -0.3 is 10.6 Å². The second-order valence-electron chi connectivity index (χ2n) is 7.29. The minimum absolute atomic E-state index is 0.353. The van der Waals surface area contributed by atoms with Gasteiger partial charge in [0.1, 0.15) is 0 Å². The van der Waals surface area contributed by atoms with Gasteiger partial charge in [-0.2, -0.15) is 5.10 Å². The topological polar surface area (TPSA) is 54.2 Å². The van der Waals surface area contributed by atoms with Crippen LogP contribution >= 0.6 is 0 Å². The molecule has 0 bridgehead atoms. The summed E-state index contributed by atoms with van der Waals surface area (Å²) in [5.74, 6) is 1.17. The molecule has 1 heterocycles. The van der Waals surface area contributed by atoms with Crippen molar-refractivity contribution < 1.29 is 0 Å². The van der Waals surface area contributed by atoms with Crippen LogP contribution in [0, 0.1) is 13.8 Å². The average molecular weight is 390 g/mol. The molecule has 0 fully saturated rings. The predicted molar refractivity (Wildman–Crippen MR) is 120 cm³/mol. The molecule has 0 saturated heterocycles. The molecule has 0 aliphatic heterocycles. The number of guanidine groups is 1. The Bertz CT molecular complexity index is 889. The molecular formula is C24H31N5. The van der Waals surface area contributed by atoms with Crippen LogP contribution < -0.4 is 10.6 Å². The van der Waals surface area contributed by atoms with E-state index in [2.05, 4.69) is 88.3 Å². The van der Waals surface area contributed by atoms with Gasteiger partial charge in [-0.1, -0.05) is 60.7 Å². The van der Waals surface area contributed by atoms with Crippen molar-refractivity contribution in [2.75, 3.05) is 13.6 Å². The van der Waals surface area contributed by atoms with Gasteiger partial charge in [-0.3, -0.25) is 9.67 Å². The molecule has 0 radical (unpaired) electrons. The number of benzene rings is 2. The van der Waals surface area contributed by atoms with Gasteiger partial charge >= 0.3 is 0 Å². The van der Waals surface area contributed by atoms with Crippen molar-refractivity contribution in [1.29, 1.82) is 0 Å². The van der Waals surface area contributed by atoms with Crippen molar-refractivity contribution in [3.63, 3.8) is 0 Å². The number of hydrogen-bond donors (Lipinski definition) is 2. The molecule has 0 atom stereocenters. The fourth-order valence-electron chi connectivity index (χ4n) is 3.70. The molecule has 5 heteroatoms. The van der Waals surface area contributed by atoms with Gasteiger partial charge in [-0.15, -0.1) is 0 Å². The zero-order valence-electron chi connectivity index (χ0n) is 17.8. The number of nitrogens with zero attached hydrogens (tertiary/aromatic N) is 3. The molecule has 2 N–H and O–H groups in total. The summed E-state index contributed by atoms with van der Waals surface area (Å²) in [4.78, 5) is 4.38. The van der Waals surface area contributed by atoms with E-state index in [-0.39, 0.29) is 0 Å². The van der Waals surface area contributed by atoms with Crippen molar-refractivity contribution in [3.8, 4) is 0 Å². The van der Waals surface area contributed by atoms with Crippen LogP contribution in [0.4, 0.5) is 0 Å². The first-order chi connectivity index (χ1) is 14.1. The molecule has 29 heavy (non-hydrogen) atoms. The number of aryl methyl sites for hydroxylation is 2. The van der Waals surface area contributed by atoms with Gasteiger partial charge in [0.15, 0.2) is 5.96 Å². The lowest BCUT2D eigenvalue weighted by atomic mass is 9.88. The van der Waals surface area contributed by atoms with Crippen molar-refractivity contribution >= 4 is 5.96 Å². The van der Waals surface area contributed by atoms with Crippen LogP contribution in [0.2, 0.25) is 0 Å². The highest BCUT2D eigenvalue weighted by atomic mass is 15.3. The van der Waals surface area contributed by atoms with Crippen LogP contribution in [-0.4, -0.2) is 29.3 Å². The predicted octanol–water partition coefficient (Wildman–Crippen LogP) is 3.92. The Kier molecular flexibility index (Phi) is 7.06. The molecular weight excluding hydrogens is 358 g/mol. The van der Waals surface area contributed by atoms with Crippen LogP contribution in [0.5, 0.6) is 0 Å². The summed E-state index contributed by atoms with van der Waals surface area (Å²) in [5.41, 5.74) is 6.14. The lowest BCUT2D eigenvalue weighted by molar-refractivity contribution is 0.678. The second kappa shape index (κ2) is 9.92. The Morgan fingerprint density at radius 3 is 2.03 bits per heavy atom. The zero-order valence-corrected chi connectivity index (χ0v) is 17.8. The molecule has 0 saturated carbocycles. The van der Waals surface area contributed by atoms with Crippen LogP contribution in [0.1, 0.15) is 40.4 Å². The van der Waals surface area contributed by atoms with Gasteiger partial charge in [-0.05, 0) is 31.4 Å². The summed E-state index contributed by atoms with van der Waals surface area (Å²) in [6.07, 6.45) is 0.986. The zero-order chi connectivity index (χ0) is 20.6. The van der Waals surface area contributed by atoms with E-state index in [1.807, 2.05) is 25.7 Å². The van der Waals surface area contributed by atoms with E-state index >= 15 is 0 Å². The van der Waals surface area contributed by atoms with Crippen LogP contribution in [0.25, 0.3) is 0 Å². The molecule has 3 aromatic rings. The van der Waals surface area contributed by atoms with Gasteiger partial charge in [0.2, 0.25) is 0 Å². The summed E-state index contributed by atoms with van der Waals surface area (Å²) < 4.78 is 1.92. The fourth-order valence-corrected chi connectivity index (χ4v) is 3.70. The SMILES string of the molecule is CN=C(NCCC(c1ccccc1)c1ccccc1)NCc1c(C)nn(C)c1C. The third-order valence-electron chi connectivity index (χ3n) is 5.44. The lowest BCUT2D eigenvalue weighted by Crippen LogP contribution is -2.38. The lowest BCUT2D eigenvalue weighted by Gasteiger charge is -2.19. The first-order valence-electron chi connectivity index (χ1n) is 10.1. The van der Waals surface area contributed by atoms with E-state index in [4.69, 9.17) is 0 Å². The van der Waals surface area contributed by atoms with Crippen molar-refractivity contribution in [1.82, 2.24) is 20.4 Å². The first kappa shape index (κ1) is 20.6. The average Bonchev–Trinajstić information content (AvgIpc) is 3.00. The molecule has 3 rings (SSSR count). The Balaban J connectivity index is 1.61. The van der Waals surface area contributed by atoms with E-state index in [0.717, 1.165) is 24.6 Å². The molecule has 1 aromatic heterocycles. The molecule has 2 aromatic carbocycles. The molecule has 0 unspecified atom stereocenters. The van der Waals surface area contributed by atoms with E-state index in [0.29, 0.717) is 12.5 Å². The van der Waals surface area contributed by atoms with Crippen molar-refractivity contribution in [2.24, 2.45) is 12.0 Å². The second-order valence-corrected chi connectivity index (χ2v) is 7.29. The number of rotatable bonds is 7. The maximum absolute atomic E-state index is 4.48. The summed E-state index contributed by atoms with van der Waals surface area (Å²) in [5, 5.41) is 11.4. The summed E-state index contributed by atoms with van der Waals surface area (Å²) in [6.45, 7) is 5.69. The summed E-state index contributed by atoms with van der Waals surface area (Å²) >= 11 is 0. The summed E-state index contributed by atoms with van der Waals surface area (Å²) in [6, 6.07) is 21.4. The van der Waals surface area contributed by atoms with E-state index in [1.54, 1.807) is 0 Å². The van der Waals surface area contributed by atoms with Crippen molar-refractivity contribution in [3.05, 3.63) is 88.7 Å². The van der Waals surface area contributed by atoms with E-state index in [1.165, 1.54) is 22.4 Å². The molecule has 0 aliphatic rings. The largest absolute Gasteiger partial charge is 0.356 e. The molecule has 0 aliphatic carbocycles. The van der Waals surface area contributed by atoms with Crippen LogP contribution in [-0.2, 0) is 13.6 Å². The minimum Gasteiger partial charge on any atom is -0.356 e. The maximum atomic E-state index is 4.48. The van der Waals surface area contributed by atoms with Crippen LogP contribution in [0.15, 0.2) is 65.7 Å². The third kappa shape index (κ3) is 5.25. The maximum Gasteiger partial charge on any atom is 0.191 e. The van der Waals surface area contributed by atoms with Crippen molar-refractivity contribution in [2.45, 2.75) is 32.7 Å². The Hall–Kier alpha value is -3.08. The number of nitrogens with one attached hydrogen (secondary N) is 2. The number of aromatic nitrogens is 2. The highest BCUT2D eigenvalue weighted by molar-refractivity contribution is 5.79. The number of aliphatic imine (C=N–C) groups is 1. The molecule has 0 spiro atoms. The minimum atomic E-state index is 0.353. The monoisotopic (exact) mass is 389 g/mol.